The fraction of sp³-hybridized carbons (Fsp3) is 0.182. The van der Waals surface area contributed by atoms with Gasteiger partial charge in [-0.05, 0) is 112 Å². The monoisotopic (exact) mass is 476 g/mol. The Hall–Kier alpha value is -1.04. The van der Waals surface area contributed by atoms with Crippen LogP contribution in [0.1, 0.15) is 29.2 Å². The largest absolute Gasteiger partial charge is 0.144 e. The molecular formula is C22H21IS2. The molecule has 0 unspecified atom stereocenters. The van der Waals surface area contributed by atoms with Crippen LogP contribution in [0.4, 0.5) is 0 Å². The number of benzene rings is 2. The van der Waals surface area contributed by atoms with Crippen LogP contribution in [0, 0.1) is 17.4 Å². The van der Waals surface area contributed by atoms with Crippen LogP contribution in [0.15, 0.2) is 59.3 Å². The standard InChI is InChI=1S/C22H21IS2/c1-14(9-20-10-16(3)21(23)11-15(20)2)13-25-17(4)18-5-6-22-19(12-18)7-8-24-22/h5-8,10-13H,4,9H2,1-3H3/b14-13+. The highest BCUT2D eigenvalue weighted by atomic mass is 127. The van der Waals surface area contributed by atoms with E-state index in [9.17, 15) is 0 Å². The molecule has 1 aromatic heterocycles. The topological polar surface area (TPSA) is 0 Å². The summed E-state index contributed by atoms with van der Waals surface area (Å²) in [6.45, 7) is 10.8. The van der Waals surface area contributed by atoms with Gasteiger partial charge in [-0.25, -0.2) is 0 Å². The lowest BCUT2D eigenvalue weighted by atomic mass is 10.00. The van der Waals surface area contributed by atoms with Crippen molar-refractivity contribution in [1.29, 1.82) is 0 Å². The van der Waals surface area contributed by atoms with Crippen LogP contribution in [0.3, 0.4) is 0 Å². The number of allylic oxidation sites excluding steroid dienone is 1. The molecular weight excluding hydrogens is 455 g/mol. The van der Waals surface area contributed by atoms with Crippen LogP contribution in [0.5, 0.6) is 0 Å². The van der Waals surface area contributed by atoms with Crippen LogP contribution in [-0.2, 0) is 6.42 Å². The minimum absolute atomic E-state index is 0.993. The minimum atomic E-state index is 0.993. The average Bonchev–Trinajstić information content (AvgIpc) is 3.05. The minimum Gasteiger partial charge on any atom is -0.144 e. The van der Waals surface area contributed by atoms with E-state index in [0.717, 1.165) is 11.3 Å². The maximum absolute atomic E-state index is 4.26. The Labute approximate surface area is 172 Å². The van der Waals surface area contributed by atoms with E-state index in [1.54, 1.807) is 23.1 Å². The van der Waals surface area contributed by atoms with Crippen molar-refractivity contribution in [1.82, 2.24) is 0 Å². The van der Waals surface area contributed by atoms with Gasteiger partial charge in [0.1, 0.15) is 0 Å². The van der Waals surface area contributed by atoms with E-state index in [0.29, 0.717) is 0 Å². The quantitative estimate of drug-likeness (QED) is 0.337. The smallest absolute Gasteiger partial charge is 0.0343 e. The molecule has 3 rings (SSSR count). The van der Waals surface area contributed by atoms with Gasteiger partial charge in [-0.3, -0.25) is 0 Å². The Morgan fingerprint density at radius 1 is 1.16 bits per heavy atom. The molecule has 0 fully saturated rings. The molecule has 2 aromatic carbocycles. The van der Waals surface area contributed by atoms with Crippen LogP contribution in [0.25, 0.3) is 15.0 Å². The molecule has 0 spiro atoms. The second-order valence-corrected chi connectivity index (χ2v) is 9.46. The molecule has 0 saturated carbocycles. The molecule has 128 valence electrons. The summed E-state index contributed by atoms with van der Waals surface area (Å²) in [4.78, 5) is 1.10. The van der Waals surface area contributed by atoms with Crippen molar-refractivity contribution in [3.05, 3.63) is 85.2 Å². The van der Waals surface area contributed by atoms with Crippen molar-refractivity contribution in [2.24, 2.45) is 0 Å². The lowest BCUT2D eigenvalue weighted by Gasteiger charge is -2.10. The number of rotatable bonds is 5. The average molecular weight is 476 g/mol. The van der Waals surface area contributed by atoms with Crippen LogP contribution in [0.2, 0.25) is 0 Å². The summed E-state index contributed by atoms with van der Waals surface area (Å²) >= 11 is 5.92. The summed E-state index contributed by atoms with van der Waals surface area (Å²) < 4.78 is 2.67. The van der Waals surface area contributed by atoms with Gasteiger partial charge in [0.2, 0.25) is 0 Å². The lowest BCUT2D eigenvalue weighted by molar-refractivity contribution is 1.11. The third kappa shape index (κ3) is 4.57. The van der Waals surface area contributed by atoms with Crippen molar-refractivity contribution in [3.63, 3.8) is 0 Å². The summed E-state index contributed by atoms with van der Waals surface area (Å²) in [5.41, 5.74) is 6.72. The molecule has 0 radical (unpaired) electrons. The third-order valence-electron chi connectivity index (χ3n) is 4.26. The highest BCUT2D eigenvalue weighted by Gasteiger charge is 2.05. The van der Waals surface area contributed by atoms with Crippen LogP contribution >= 0.6 is 45.7 Å². The van der Waals surface area contributed by atoms with Gasteiger partial charge in [0, 0.05) is 13.2 Å². The molecule has 0 atom stereocenters. The molecule has 25 heavy (non-hydrogen) atoms. The predicted octanol–water partition coefficient (Wildman–Crippen LogP) is 7.97. The van der Waals surface area contributed by atoms with Gasteiger partial charge >= 0.3 is 0 Å². The molecule has 0 amide bonds. The zero-order valence-electron chi connectivity index (χ0n) is 14.7. The van der Waals surface area contributed by atoms with Gasteiger partial charge in [-0.1, -0.05) is 36.0 Å². The van der Waals surface area contributed by atoms with E-state index < -0.39 is 0 Å². The Kier molecular flexibility index (Phi) is 6.08. The zero-order valence-corrected chi connectivity index (χ0v) is 18.5. The van der Waals surface area contributed by atoms with E-state index in [1.165, 1.54) is 41.5 Å². The van der Waals surface area contributed by atoms with E-state index in [1.807, 2.05) is 0 Å². The molecule has 1 heterocycles. The molecule has 0 nitrogen and oxygen atoms in total. The van der Waals surface area contributed by atoms with Crippen molar-refractivity contribution < 1.29 is 0 Å². The van der Waals surface area contributed by atoms with Gasteiger partial charge in [0.05, 0.1) is 0 Å². The summed E-state index contributed by atoms with van der Waals surface area (Å²) in [6, 6.07) is 13.4. The van der Waals surface area contributed by atoms with Crippen molar-refractivity contribution in [3.8, 4) is 0 Å². The number of aryl methyl sites for hydroxylation is 2. The van der Waals surface area contributed by atoms with E-state index in [4.69, 9.17) is 0 Å². The van der Waals surface area contributed by atoms with Crippen molar-refractivity contribution in [2.75, 3.05) is 0 Å². The Balaban J connectivity index is 1.70. The summed E-state index contributed by atoms with van der Waals surface area (Å²) in [5, 5.41) is 5.68. The third-order valence-corrected chi connectivity index (χ3v) is 7.36. The number of thioether (sulfide) groups is 1. The predicted molar refractivity (Wildman–Crippen MR) is 125 cm³/mol. The normalized spacial score (nSPS) is 11.9. The van der Waals surface area contributed by atoms with Gasteiger partial charge in [-0.2, -0.15) is 0 Å². The Bertz CT molecular complexity index is 963. The number of halogens is 1. The first kappa shape index (κ1) is 18.7. The fourth-order valence-electron chi connectivity index (χ4n) is 2.75. The molecule has 0 aliphatic carbocycles. The van der Waals surface area contributed by atoms with Gasteiger partial charge in [-0.15, -0.1) is 11.3 Å². The van der Waals surface area contributed by atoms with Crippen molar-refractivity contribution >= 4 is 60.7 Å². The lowest BCUT2D eigenvalue weighted by Crippen LogP contribution is -1.94. The van der Waals surface area contributed by atoms with Crippen LogP contribution < -0.4 is 0 Å². The van der Waals surface area contributed by atoms with Crippen LogP contribution in [-0.4, -0.2) is 0 Å². The number of hydrogen-bond acceptors (Lipinski definition) is 2. The molecule has 0 N–H and O–H groups in total. The molecule has 0 aliphatic rings. The summed E-state index contributed by atoms with van der Waals surface area (Å²) in [5.74, 6) is 0. The van der Waals surface area contributed by atoms with E-state index in [2.05, 4.69) is 97.1 Å². The van der Waals surface area contributed by atoms with Gasteiger partial charge in [0.25, 0.3) is 0 Å². The molecule has 3 heteroatoms. The zero-order chi connectivity index (χ0) is 18.0. The first-order chi connectivity index (χ1) is 11.9. The summed E-state index contributed by atoms with van der Waals surface area (Å²) in [6.07, 6.45) is 0.993. The maximum atomic E-state index is 4.26. The van der Waals surface area contributed by atoms with E-state index in [-0.39, 0.29) is 0 Å². The second-order valence-electron chi connectivity index (χ2n) is 6.38. The number of hydrogen-bond donors (Lipinski definition) is 0. The number of thiophene rings is 1. The highest BCUT2D eigenvalue weighted by Crippen LogP contribution is 2.32. The molecule has 0 bridgehead atoms. The maximum Gasteiger partial charge on any atom is 0.0343 e. The first-order valence-electron chi connectivity index (χ1n) is 8.18. The van der Waals surface area contributed by atoms with Gasteiger partial charge in [0.15, 0.2) is 0 Å². The number of fused-ring (bicyclic) bond motifs is 1. The molecule has 3 aromatic rings. The Morgan fingerprint density at radius 2 is 1.96 bits per heavy atom. The highest BCUT2D eigenvalue weighted by molar-refractivity contribution is 14.1. The SMILES string of the molecule is C=C(S/C=C(\C)Cc1cc(C)c(I)cc1C)c1ccc2sccc2c1. The fourth-order valence-corrected chi connectivity index (χ4v) is 4.84. The van der Waals surface area contributed by atoms with Gasteiger partial charge < -0.3 is 0 Å². The second kappa shape index (κ2) is 8.11. The molecule has 0 saturated heterocycles. The van der Waals surface area contributed by atoms with Crippen molar-refractivity contribution in [2.45, 2.75) is 27.2 Å². The Morgan fingerprint density at radius 3 is 2.76 bits per heavy atom. The molecule has 0 aliphatic heterocycles. The van der Waals surface area contributed by atoms with E-state index >= 15 is 0 Å². The first-order valence-corrected chi connectivity index (χ1v) is 11.0. The summed E-state index contributed by atoms with van der Waals surface area (Å²) in [7, 11) is 0.